The number of carbonyl (C=O) groups is 1. The van der Waals surface area contributed by atoms with Crippen molar-refractivity contribution in [3.8, 4) is 16.9 Å². The number of ether oxygens (including phenoxy) is 3. The number of anilines is 3. The minimum atomic E-state index is -0.426. The highest BCUT2D eigenvalue weighted by Gasteiger charge is 2.19. The van der Waals surface area contributed by atoms with Crippen molar-refractivity contribution in [2.75, 3.05) is 50.2 Å². The molecule has 1 N–H and O–H groups in total. The molecule has 0 unspecified atom stereocenters. The van der Waals surface area contributed by atoms with Crippen LogP contribution in [0.25, 0.3) is 17.2 Å². The monoisotopic (exact) mass is 478 g/mol. The second-order valence-corrected chi connectivity index (χ2v) is 7.75. The van der Waals surface area contributed by atoms with Gasteiger partial charge in [0.05, 0.1) is 26.9 Å². The van der Waals surface area contributed by atoms with E-state index in [2.05, 4.69) is 15.2 Å². The highest BCUT2D eigenvalue weighted by molar-refractivity contribution is 5.87. The number of esters is 1. The van der Waals surface area contributed by atoms with E-state index in [1.54, 1.807) is 25.3 Å². The largest absolute Gasteiger partial charge is 0.497 e. The van der Waals surface area contributed by atoms with Gasteiger partial charge < -0.3 is 24.4 Å². The molecule has 1 aliphatic heterocycles. The van der Waals surface area contributed by atoms with Gasteiger partial charge in [-0.15, -0.1) is 0 Å². The van der Waals surface area contributed by atoms with Crippen molar-refractivity contribution < 1.29 is 23.4 Å². The molecule has 8 nitrogen and oxygen atoms in total. The van der Waals surface area contributed by atoms with Crippen LogP contribution in [0.3, 0.4) is 0 Å². The van der Waals surface area contributed by atoms with Crippen molar-refractivity contribution in [1.29, 1.82) is 0 Å². The molecule has 0 spiro atoms. The van der Waals surface area contributed by atoms with Gasteiger partial charge in [0.1, 0.15) is 17.4 Å². The number of benzene rings is 2. The summed E-state index contributed by atoms with van der Waals surface area (Å²) in [6.45, 7) is 4.64. The number of methoxy groups -OCH3 is 1. The van der Waals surface area contributed by atoms with Crippen LogP contribution in [0.5, 0.6) is 5.75 Å². The molecule has 0 amide bonds. The standard InChI is InChI=1S/C26H27FN4O4/c1-3-35-24(32)8-7-18-5-4-6-19(13-18)23-17-28-26(30-25(23)31-9-11-34-12-10-31)29-21-14-20(27)15-22(16-21)33-2/h4-8,13-17H,3,9-12H2,1-2H3,(H,28,29,30)/b8-7+. The predicted octanol–water partition coefficient (Wildman–Crippen LogP) is 4.45. The van der Waals surface area contributed by atoms with Gasteiger partial charge in [-0.05, 0) is 36.3 Å². The van der Waals surface area contributed by atoms with Gasteiger partial charge >= 0.3 is 5.97 Å². The number of carbonyl (C=O) groups excluding carboxylic acids is 1. The molecule has 0 saturated carbocycles. The lowest BCUT2D eigenvalue weighted by atomic mass is 10.0. The quantitative estimate of drug-likeness (QED) is 0.376. The van der Waals surface area contributed by atoms with Gasteiger partial charge in [0.25, 0.3) is 0 Å². The number of rotatable bonds is 8. The molecule has 2 heterocycles. The summed E-state index contributed by atoms with van der Waals surface area (Å²) >= 11 is 0. The number of morpholine rings is 1. The second kappa shape index (κ2) is 11.4. The van der Waals surface area contributed by atoms with Crippen molar-refractivity contribution in [2.24, 2.45) is 0 Å². The number of nitrogens with zero attached hydrogens (tertiary/aromatic N) is 3. The third kappa shape index (κ3) is 6.33. The molecule has 4 rings (SSSR count). The third-order valence-electron chi connectivity index (χ3n) is 5.34. The Balaban J connectivity index is 1.67. The van der Waals surface area contributed by atoms with E-state index in [4.69, 9.17) is 19.2 Å². The molecule has 1 aromatic heterocycles. The fourth-order valence-corrected chi connectivity index (χ4v) is 3.70. The van der Waals surface area contributed by atoms with Crippen molar-refractivity contribution in [2.45, 2.75) is 6.92 Å². The van der Waals surface area contributed by atoms with Crippen molar-refractivity contribution in [1.82, 2.24) is 9.97 Å². The maximum absolute atomic E-state index is 13.9. The van der Waals surface area contributed by atoms with E-state index in [1.165, 1.54) is 25.3 Å². The van der Waals surface area contributed by atoms with Crippen molar-refractivity contribution in [3.05, 3.63) is 66.1 Å². The van der Waals surface area contributed by atoms with E-state index >= 15 is 0 Å². The Labute approximate surface area is 203 Å². The lowest BCUT2D eigenvalue weighted by Gasteiger charge is -2.29. The third-order valence-corrected chi connectivity index (χ3v) is 5.34. The number of nitrogens with one attached hydrogen (secondary N) is 1. The number of hydrogen-bond donors (Lipinski definition) is 1. The van der Waals surface area contributed by atoms with E-state index in [9.17, 15) is 9.18 Å². The first kappa shape index (κ1) is 24.2. The smallest absolute Gasteiger partial charge is 0.330 e. The van der Waals surface area contributed by atoms with Crippen LogP contribution in [0.15, 0.2) is 54.7 Å². The average molecular weight is 479 g/mol. The highest BCUT2D eigenvalue weighted by atomic mass is 19.1. The van der Waals surface area contributed by atoms with Crippen LogP contribution >= 0.6 is 0 Å². The van der Waals surface area contributed by atoms with Crippen LogP contribution in [0.2, 0.25) is 0 Å². The molecule has 0 atom stereocenters. The van der Waals surface area contributed by atoms with Crippen LogP contribution in [0.4, 0.5) is 21.8 Å². The topological polar surface area (TPSA) is 85.8 Å². The Kier molecular flexibility index (Phi) is 7.89. The Bertz CT molecular complexity index is 1210. The molecule has 35 heavy (non-hydrogen) atoms. The van der Waals surface area contributed by atoms with Gasteiger partial charge in [-0.25, -0.2) is 14.2 Å². The number of halogens is 1. The number of aromatic nitrogens is 2. The van der Waals surface area contributed by atoms with Crippen LogP contribution in [-0.4, -0.2) is 56.0 Å². The Hall–Kier alpha value is -3.98. The predicted molar refractivity (Wildman–Crippen MR) is 132 cm³/mol. The fraction of sp³-hybridized carbons (Fsp3) is 0.269. The van der Waals surface area contributed by atoms with Gasteiger partial charge in [0.2, 0.25) is 5.95 Å². The Morgan fingerprint density at radius 2 is 2.06 bits per heavy atom. The summed E-state index contributed by atoms with van der Waals surface area (Å²) in [4.78, 5) is 23.1. The molecule has 0 radical (unpaired) electrons. The van der Waals surface area contributed by atoms with E-state index in [0.717, 1.165) is 22.5 Å². The summed E-state index contributed by atoms with van der Waals surface area (Å²) in [5, 5.41) is 3.07. The molecule has 0 aliphatic carbocycles. The van der Waals surface area contributed by atoms with Gasteiger partial charge in [-0.2, -0.15) is 4.98 Å². The lowest BCUT2D eigenvalue weighted by Crippen LogP contribution is -2.37. The van der Waals surface area contributed by atoms with Crippen LogP contribution < -0.4 is 15.0 Å². The van der Waals surface area contributed by atoms with Gasteiger partial charge in [0.15, 0.2) is 0 Å². The summed E-state index contributed by atoms with van der Waals surface area (Å²) in [6, 6.07) is 12.1. The van der Waals surface area contributed by atoms with E-state index in [-0.39, 0.29) is 5.97 Å². The Morgan fingerprint density at radius 3 is 2.83 bits per heavy atom. The minimum absolute atomic E-state index is 0.326. The van der Waals surface area contributed by atoms with E-state index in [0.29, 0.717) is 50.3 Å². The van der Waals surface area contributed by atoms with Crippen molar-refractivity contribution in [3.63, 3.8) is 0 Å². The lowest BCUT2D eigenvalue weighted by molar-refractivity contribution is -0.137. The summed E-state index contributed by atoms with van der Waals surface area (Å²) in [6.07, 6.45) is 4.86. The minimum Gasteiger partial charge on any atom is -0.497 e. The first-order valence-electron chi connectivity index (χ1n) is 11.3. The summed E-state index contributed by atoms with van der Waals surface area (Å²) in [5.74, 6) is 0.649. The summed E-state index contributed by atoms with van der Waals surface area (Å²) in [5.41, 5.74) is 3.06. The maximum Gasteiger partial charge on any atom is 0.330 e. The molecule has 1 fully saturated rings. The van der Waals surface area contributed by atoms with Gasteiger partial charge in [-0.3, -0.25) is 0 Å². The molecule has 9 heteroatoms. The molecular weight excluding hydrogens is 451 g/mol. The highest BCUT2D eigenvalue weighted by Crippen LogP contribution is 2.32. The molecule has 3 aromatic rings. The normalized spacial score (nSPS) is 13.6. The first-order chi connectivity index (χ1) is 17.1. The fourth-order valence-electron chi connectivity index (χ4n) is 3.70. The van der Waals surface area contributed by atoms with Crippen LogP contribution in [0, 0.1) is 5.82 Å². The zero-order chi connectivity index (χ0) is 24.6. The van der Waals surface area contributed by atoms with Gasteiger partial charge in [-0.1, -0.05) is 18.2 Å². The molecule has 1 saturated heterocycles. The SMILES string of the molecule is CCOC(=O)/C=C/c1cccc(-c2cnc(Nc3cc(F)cc(OC)c3)nc2N2CCOCC2)c1. The average Bonchev–Trinajstić information content (AvgIpc) is 2.88. The molecular formula is C26H27FN4O4. The summed E-state index contributed by atoms with van der Waals surface area (Å²) < 4.78 is 29.6. The zero-order valence-corrected chi connectivity index (χ0v) is 19.7. The zero-order valence-electron chi connectivity index (χ0n) is 19.7. The molecule has 2 aromatic carbocycles. The number of hydrogen-bond acceptors (Lipinski definition) is 8. The molecule has 0 bridgehead atoms. The second-order valence-electron chi connectivity index (χ2n) is 7.75. The van der Waals surface area contributed by atoms with E-state index < -0.39 is 5.82 Å². The van der Waals surface area contributed by atoms with Crippen molar-refractivity contribution >= 4 is 29.5 Å². The van der Waals surface area contributed by atoms with Crippen LogP contribution in [0.1, 0.15) is 12.5 Å². The maximum atomic E-state index is 13.9. The summed E-state index contributed by atoms with van der Waals surface area (Å²) in [7, 11) is 1.48. The molecule has 1 aliphatic rings. The molecule has 182 valence electrons. The van der Waals surface area contributed by atoms with Gasteiger partial charge in [0, 0.05) is 48.7 Å². The first-order valence-corrected chi connectivity index (χ1v) is 11.3. The Morgan fingerprint density at radius 1 is 1.23 bits per heavy atom. The van der Waals surface area contributed by atoms with Crippen LogP contribution in [-0.2, 0) is 14.3 Å². The van der Waals surface area contributed by atoms with E-state index in [1.807, 2.05) is 24.3 Å².